The van der Waals surface area contributed by atoms with Gasteiger partial charge in [-0.05, 0) is 24.3 Å². The molecule has 1 rings (SSSR count). The van der Waals surface area contributed by atoms with Crippen LogP contribution >= 0.6 is 0 Å². The molecule has 4 heteroatoms. The highest BCUT2D eigenvalue weighted by Gasteiger charge is 2.20. The molecule has 1 atom stereocenters. The Morgan fingerprint density at radius 1 is 1.38 bits per heavy atom. The first-order valence-electron chi connectivity index (χ1n) is 4.78. The van der Waals surface area contributed by atoms with E-state index in [1.54, 1.807) is 31.4 Å². The molecule has 0 amide bonds. The molecule has 4 nitrogen and oxygen atoms in total. The van der Waals surface area contributed by atoms with Gasteiger partial charge in [0.05, 0.1) is 14.2 Å². The first kappa shape index (κ1) is 12.1. The summed E-state index contributed by atoms with van der Waals surface area (Å²) in [4.78, 5) is 14.5. The van der Waals surface area contributed by atoms with Crippen LogP contribution in [-0.4, -0.2) is 20.2 Å². The molecule has 84 valence electrons. The van der Waals surface area contributed by atoms with Gasteiger partial charge in [-0.15, -0.1) is 0 Å². The Hall–Kier alpha value is -2.02. The summed E-state index contributed by atoms with van der Waals surface area (Å²) < 4.78 is 9.56. The third-order valence-corrected chi connectivity index (χ3v) is 2.24. The van der Waals surface area contributed by atoms with Crippen LogP contribution in [-0.2, 0) is 9.53 Å². The molecule has 0 radical (unpaired) electrons. The van der Waals surface area contributed by atoms with E-state index in [9.17, 15) is 4.79 Å². The highest BCUT2D eigenvalue weighted by Crippen LogP contribution is 2.23. The van der Waals surface area contributed by atoms with Gasteiger partial charge in [-0.2, -0.15) is 0 Å². The summed E-state index contributed by atoms with van der Waals surface area (Å²) in [5.41, 5.74) is 0.793. The van der Waals surface area contributed by atoms with Crippen molar-refractivity contribution in [3.05, 3.63) is 41.2 Å². The van der Waals surface area contributed by atoms with Crippen LogP contribution in [0, 0.1) is 6.57 Å². The molecule has 0 aliphatic rings. The van der Waals surface area contributed by atoms with E-state index in [1.165, 1.54) is 7.11 Å². The maximum atomic E-state index is 11.1. The zero-order chi connectivity index (χ0) is 12.0. The van der Waals surface area contributed by atoms with E-state index >= 15 is 0 Å². The summed E-state index contributed by atoms with van der Waals surface area (Å²) in [5, 5.41) is 0. The maximum absolute atomic E-state index is 11.1. The second-order valence-electron chi connectivity index (χ2n) is 3.20. The molecule has 0 spiro atoms. The Morgan fingerprint density at radius 2 is 2.00 bits per heavy atom. The van der Waals surface area contributed by atoms with Crippen molar-refractivity contribution in [1.29, 1.82) is 0 Å². The second kappa shape index (κ2) is 5.76. The predicted molar refractivity (Wildman–Crippen MR) is 59.0 cm³/mol. The standard InChI is InChI=1S/C12H13NO3/c1-13-11(8-12(14)16-3)9-4-6-10(15-2)7-5-9/h4-7,11H,8H2,2-3H3. The summed E-state index contributed by atoms with van der Waals surface area (Å²) in [5.74, 6) is 0.349. The molecular formula is C12H13NO3. The quantitative estimate of drug-likeness (QED) is 0.575. The van der Waals surface area contributed by atoms with Gasteiger partial charge in [-0.3, -0.25) is 4.79 Å². The number of carbonyl (C=O) groups excluding carboxylic acids is 1. The lowest BCUT2D eigenvalue weighted by atomic mass is 10.0. The van der Waals surface area contributed by atoms with Crippen molar-refractivity contribution in [2.75, 3.05) is 14.2 Å². The summed E-state index contributed by atoms with van der Waals surface area (Å²) in [6.45, 7) is 7.05. The summed E-state index contributed by atoms with van der Waals surface area (Å²) >= 11 is 0. The molecule has 1 aromatic carbocycles. The first-order chi connectivity index (χ1) is 7.71. The van der Waals surface area contributed by atoms with E-state index < -0.39 is 6.04 Å². The fraction of sp³-hybridized carbons (Fsp3) is 0.333. The number of benzene rings is 1. The zero-order valence-corrected chi connectivity index (χ0v) is 9.27. The number of esters is 1. The van der Waals surface area contributed by atoms with E-state index in [4.69, 9.17) is 11.3 Å². The van der Waals surface area contributed by atoms with Gasteiger partial charge in [0.1, 0.15) is 12.2 Å². The molecule has 16 heavy (non-hydrogen) atoms. The van der Waals surface area contributed by atoms with Gasteiger partial charge in [-0.1, -0.05) is 0 Å². The van der Waals surface area contributed by atoms with Crippen LogP contribution in [0.25, 0.3) is 4.85 Å². The predicted octanol–water partition coefficient (Wildman–Crippen LogP) is 2.22. The Morgan fingerprint density at radius 3 is 2.44 bits per heavy atom. The highest BCUT2D eigenvalue weighted by molar-refractivity contribution is 5.70. The topological polar surface area (TPSA) is 39.9 Å². The normalized spacial score (nSPS) is 11.3. The van der Waals surface area contributed by atoms with Crippen molar-refractivity contribution < 1.29 is 14.3 Å². The van der Waals surface area contributed by atoms with Crippen molar-refractivity contribution in [1.82, 2.24) is 0 Å². The molecule has 1 unspecified atom stereocenters. The lowest BCUT2D eigenvalue weighted by molar-refractivity contribution is -0.140. The van der Waals surface area contributed by atoms with Crippen molar-refractivity contribution in [2.24, 2.45) is 0 Å². The van der Waals surface area contributed by atoms with E-state index in [2.05, 4.69) is 9.58 Å². The van der Waals surface area contributed by atoms with E-state index in [0.717, 1.165) is 11.3 Å². The summed E-state index contributed by atoms with van der Waals surface area (Å²) in [6, 6.07) is 6.61. The summed E-state index contributed by atoms with van der Waals surface area (Å²) in [7, 11) is 2.90. The van der Waals surface area contributed by atoms with E-state index in [0.29, 0.717) is 0 Å². The maximum Gasteiger partial charge on any atom is 0.313 e. The van der Waals surface area contributed by atoms with Gasteiger partial charge >= 0.3 is 5.97 Å². The van der Waals surface area contributed by atoms with Crippen LogP contribution < -0.4 is 4.74 Å². The van der Waals surface area contributed by atoms with E-state index in [-0.39, 0.29) is 12.4 Å². The third kappa shape index (κ3) is 2.99. The molecule has 0 aromatic heterocycles. The minimum absolute atomic E-state index is 0.0757. The molecule has 0 heterocycles. The van der Waals surface area contributed by atoms with Gasteiger partial charge in [0.25, 0.3) is 6.04 Å². The van der Waals surface area contributed by atoms with Crippen molar-refractivity contribution in [3.8, 4) is 5.75 Å². The van der Waals surface area contributed by atoms with Gasteiger partial charge in [-0.25, -0.2) is 6.57 Å². The van der Waals surface area contributed by atoms with Gasteiger partial charge < -0.3 is 14.3 Å². The molecule has 0 bridgehead atoms. The average molecular weight is 219 g/mol. The SMILES string of the molecule is [C-]#[N+]C(CC(=O)OC)c1ccc(OC)cc1. The largest absolute Gasteiger partial charge is 0.497 e. The van der Waals surface area contributed by atoms with Crippen molar-refractivity contribution >= 4 is 5.97 Å². The van der Waals surface area contributed by atoms with Crippen LogP contribution in [0.4, 0.5) is 0 Å². The molecule has 1 aromatic rings. The smallest absolute Gasteiger partial charge is 0.313 e. The first-order valence-corrected chi connectivity index (χ1v) is 4.78. The number of rotatable bonds is 4. The molecule has 0 saturated carbocycles. The number of carbonyl (C=O) groups is 1. The average Bonchev–Trinajstić information content (AvgIpc) is 2.35. The fourth-order valence-electron chi connectivity index (χ4n) is 1.31. The van der Waals surface area contributed by atoms with Crippen molar-refractivity contribution in [3.63, 3.8) is 0 Å². The lowest BCUT2D eigenvalue weighted by Gasteiger charge is -2.05. The number of ether oxygens (including phenoxy) is 2. The molecule has 0 saturated heterocycles. The minimum Gasteiger partial charge on any atom is -0.497 e. The van der Waals surface area contributed by atoms with Crippen LogP contribution in [0.1, 0.15) is 18.0 Å². The van der Waals surface area contributed by atoms with Gasteiger partial charge in [0.15, 0.2) is 0 Å². The van der Waals surface area contributed by atoms with Gasteiger partial charge in [0, 0.05) is 5.56 Å². The van der Waals surface area contributed by atoms with E-state index in [1.807, 2.05) is 0 Å². The number of hydrogen-bond donors (Lipinski definition) is 0. The fourth-order valence-corrected chi connectivity index (χ4v) is 1.31. The van der Waals surface area contributed by atoms with Gasteiger partial charge in [0.2, 0.25) is 0 Å². The highest BCUT2D eigenvalue weighted by atomic mass is 16.5. The number of nitrogens with zero attached hydrogens (tertiary/aromatic N) is 1. The van der Waals surface area contributed by atoms with Crippen LogP contribution in [0.5, 0.6) is 5.75 Å². The molecule has 0 N–H and O–H groups in total. The van der Waals surface area contributed by atoms with Crippen LogP contribution in [0.15, 0.2) is 24.3 Å². The Bertz CT molecular complexity index is 392. The molecule has 0 fully saturated rings. The minimum atomic E-state index is -0.488. The molecule has 0 aliphatic carbocycles. The molecular weight excluding hydrogens is 206 g/mol. The third-order valence-electron chi connectivity index (χ3n) is 2.24. The Balaban J connectivity index is 2.79. The molecule has 0 aliphatic heterocycles. The Kier molecular flexibility index (Phi) is 4.34. The monoisotopic (exact) mass is 219 g/mol. The second-order valence-corrected chi connectivity index (χ2v) is 3.20. The zero-order valence-electron chi connectivity index (χ0n) is 9.27. The number of hydrogen-bond acceptors (Lipinski definition) is 3. The van der Waals surface area contributed by atoms with Crippen LogP contribution in [0.2, 0.25) is 0 Å². The number of methoxy groups -OCH3 is 2. The lowest BCUT2D eigenvalue weighted by Crippen LogP contribution is -2.05. The summed E-state index contributed by atoms with van der Waals surface area (Å²) in [6.07, 6.45) is 0.0757. The Labute approximate surface area is 94.6 Å². The van der Waals surface area contributed by atoms with Crippen LogP contribution in [0.3, 0.4) is 0 Å². The van der Waals surface area contributed by atoms with Crippen molar-refractivity contribution in [2.45, 2.75) is 12.5 Å².